The Hall–Kier alpha value is -1.86. The summed E-state index contributed by atoms with van der Waals surface area (Å²) in [6, 6.07) is 5.63. The molecule has 0 aliphatic carbocycles. The van der Waals surface area contributed by atoms with Crippen LogP contribution in [0.3, 0.4) is 0 Å². The van der Waals surface area contributed by atoms with Gasteiger partial charge in [0.1, 0.15) is 0 Å². The van der Waals surface area contributed by atoms with Crippen molar-refractivity contribution in [1.82, 2.24) is 20.0 Å². The minimum absolute atomic E-state index is 0.237. The Morgan fingerprint density at radius 1 is 1.38 bits per heavy atom. The predicted molar refractivity (Wildman–Crippen MR) is 85.7 cm³/mol. The molecule has 0 aliphatic heterocycles. The molecule has 0 unspecified atom stereocenters. The van der Waals surface area contributed by atoms with Gasteiger partial charge in [-0.15, -0.1) is 11.3 Å². The molecule has 7 heteroatoms. The van der Waals surface area contributed by atoms with Gasteiger partial charge in [0.15, 0.2) is 5.82 Å². The van der Waals surface area contributed by atoms with Crippen molar-refractivity contribution in [2.24, 2.45) is 0 Å². The zero-order chi connectivity index (χ0) is 15.2. The minimum Gasteiger partial charge on any atom is -0.333 e. The number of hydrogen-bond acceptors (Lipinski definition) is 4. The maximum Gasteiger partial charge on any atom is 0.320 e. The fraction of sp³-hybridized carbons (Fsp3) is 0.429. The van der Waals surface area contributed by atoms with Gasteiger partial charge < -0.3 is 10.2 Å². The van der Waals surface area contributed by atoms with E-state index in [0.717, 1.165) is 18.0 Å². The molecule has 2 N–H and O–H groups in total. The van der Waals surface area contributed by atoms with E-state index in [1.54, 1.807) is 17.4 Å². The van der Waals surface area contributed by atoms with E-state index in [2.05, 4.69) is 27.6 Å². The third kappa shape index (κ3) is 5.20. The average molecular weight is 307 g/mol. The highest BCUT2D eigenvalue weighted by atomic mass is 32.1. The number of urea groups is 1. The number of thiophene rings is 1. The molecule has 6 nitrogen and oxygen atoms in total. The maximum absolute atomic E-state index is 11.8. The fourth-order valence-electron chi connectivity index (χ4n) is 1.76. The molecule has 0 fully saturated rings. The number of nitrogens with zero attached hydrogens (tertiary/aromatic N) is 3. The van der Waals surface area contributed by atoms with E-state index in [4.69, 9.17) is 0 Å². The van der Waals surface area contributed by atoms with Crippen LogP contribution in [-0.2, 0) is 13.1 Å². The first-order valence-corrected chi connectivity index (χ1v) is 7.63. The number of aryl methyl sites for hydroxylation is 1. The summed E-state index contributed by atoms with van der Waals surface area (Å²) in [6.07, 6.45) is 1.86. The number of nitrogens with one attached hydrogen (secondary N) is 2. The molecular formula is C14H21N5OS. The molecule has 0 aromatic carbocycles. The molecule has 0 bridgehead atoms. The van der Waals surface area contributed by atoms with Crippen LogP contribution in [0.5, 0.6) is 0 Å². The Balaban J connectivity index is 1.77. The first kappa shape index (κ1) is 15.5. The molecule has 21 heavy (non-hydrogen) atoms. The number of carbonyl (C=O) groups excluding carboxylic acids is 1. The molecule has 0 radical (unpaired) electrons. The van der Waals surface area contributed by atoms with Gasteiger partial charge in [0.2, 0.25) is 0 Å². The number of hydrogen-bond donors (Lipinski definition) is 2. The monoisotopic (exact) mass is 307 g/mol. The summed E-state index contributed by atoms with van der Waals surface area (Å²) >= 11 is 1.68. The Bertz CT molecular complexity index is 590. The molecule has 2 aromatic rings. The lowest BCUT2D eigenvalue weighted by molar-refractivity contribution is 0.251. The van der Waals surface area contributed by atoms with E-state index < -0.39 is 0 Å². The molecule has 0 spiro atoms. The van der Waals surface area contributed by atoms with E-state index in [-0.39, 0.29) is 6.03 Å². The van der Waals surface area contributed by atoms with Crippen LogP contribution in [0, 0.1) is 6.92 Å². The standard InChI is InChI=1S/C14H21N5OS/c1-11-4-5-12(21-11)10-15-14(20)16-13-6-7-19(17-13)9-8-18(2)3/h4-7H,8-10H2,1-3H3,(H2,15,16,17,20). The number of carbonyl (C=O) groups is 1. The molecule has 2 heterocycles. The lowest BCUT2D eigenvalue weighted by atomic mass is 10.4. The molecule has 0 aliphatic rings. The molecule has 2 amide bonds. The van der Waals surface area contributed by atoms with Gasteiger partial charge in [-0.2, -0.15) is 5.10 Å². The highest BCUT2D eigenvalue weighted by Crippen LogP contribution is 2.14. The second kappa shape index (κ2) is 7.24. The summed E-state index contributed by atoms with van der Waals surface area (Å²) < 4.78 is 1.82. The van der Waals surface area contributed by atoms with E-state index in [1.807, 2.05) is 37.1 Å². The summed E-state index contributed by atoms with van der Waals surface area (Å²) in [7, 11) is 4.03. The van der Waals surface area contributed by atoms with Crippen LogP contribution in [-0.4, -0.2) is 41.4 Å². The second-order valence-electron chi connectivity index (χ2n) is 5.09. The number of likely N-dealkylation sites (N-methyl/N-ethyl adjacent to an activating group) is 1. The van der Waals surface area contributed by atoms with Crippen LogP contribution in [0.1, 0.15) is 9.75 Å². The molecular weight excluding hydrogens is 286 g/mol. The predicted octanol–water partition coefficient (Wildman–Crippen LogP) is 2.14. The summed E-state index contributed by atoms with van der Waals surface area (Å²) in [5.41, 5.74) is 0. The van der Waals surface area contributed by atoms with Crippen LogP contribution >= 0.6 is 11.3 Å². The Labute approximate surface area is 128 Å². The van der Waals surface area contributed by atoms with Crippen LogP contribution in [0.2, 0.25) is 0 Å². The average Bonchev–Trinajstić information content (AvgIpc) is 3.03. The molecule has 0 saturated carbocycles. The van der Waals surface area contributed by atoms with E-state index in [9.17, 15) is 4.79 Å². The Kier molecular flexibility index (Phi) is 5.35. The van der Waals surface area contributed by atoms with Crippen molar-refractivity contribution in [2.45, 2.75) is 20.0 Å². The maximum atomic E-state index is 11.8. The van der Waals surface area contributed by atoms with Crippen molar-refractivity contribution in [3.63, 3.8) is 0 Å². The second-order valence-corrected chi connectivity index (χ2v) is 6.46. The van der Waals surface area contributed by atoms with Gasteiger partial charge >= 0.3 is 6.03 Å². The summed E-state index contributed by atoms with van der Waals surface area (Å²) in [5.74, 6) is 0.564. The minimum atomic E-state index is -0.237. The van der Waals surface area contributed by atoms with Gasteiger partial charge in [-0.3, -0.25) is 10.00 Å². The molecule has 2 aromatic heterocycles. The first-order valence-electron chi connectivity index (χ1n) is 6.81. The lowest BCUT2D eigenvalue weighted by Crippen LogP contribution is -2.28. The normalized spacial score (nSPS) is 10.9. The van der Waals surface area contributed by atoms with Crippen LogP contribution in [0.15, 0.2) is 24.4 Å². The van der Waals surface area contributed by atoms with Gasteiger partial charge in [-0.05, 0) is 33.2 Å². The number of aromatic nitrogens is 2. The van der Waals surface area contributed by atoms with Crippen LogP contribution in [0.25, 0.3) is 0 Å². The van der Waals surface area contributed by atoms with Crippen molar-refractivity contribution in [3.8, 4) is 0 Å². The Morgan fingerprint density at radius 2 is 2.19 bits per heavy atom. The summed E-state index contributed by atoms with van der Waals surface area (Å²) in [6.45, 7) is 4.29. The Morgan fingerprint density at radius 3 is 2.86 bits per heavy atom. The third-order valence-electron chi connectivity index (χ3n) is 2.88. The highest BCUT2D eigenvalue weighted by Gasteiger charge is 2.05. The van der Waals surface area contributed by atoms with E-state index in [0.29, 0.717) is 12.4 Å². The number of amides is 2. The van der Waals surface area contributed by atoms with Crippen molar-refractivity contribution >= 4 is 23.2 Å². The van der Waals surface area contributed by atoms with Crippen molar-refractivity contribution in [2.75, 3.05) is 26.0 Å². The topological polar surface area (TPSA) is 62.2 Å². The van der Waals surface area contributed by atoms with E-state index in [1.165, 1.54) is 4.88 Å². The van der Waals surface area contributed by atoms with Crippen LogP contribution in [0.4, 0.5) is 10.6 Å². The largest absolute Gasteiger partial charge is 0.333 e. The number of anilines is 1. The summed E-state index contributed by atoms with van der Waals surface area (Å²) in [4.78, 5) is 16.3. The first-order chi connectivity index (χ1) is 10.0. The number of rotatable bonds is 6. The van der Waals surface area contributed by atoms with Crippen molar-refractivity contribution in [1.29, 1.82) is 0 Å². The van der Waals surface area contributed by atoms with Crippen LogP contribution < -0.4 is 10.6 Å². The SMILES string of the molecule is Cc1ccc(CNC(=O)Nc2ccn(CCN(C)C)n2)s1. The smallest absolute Gasteiger partial charge is 0.320 e. The van der Waals surface area contributed by atoms with Crippen molar-refractivity contribution < 1.29 is 4.79 Å². The molecule has 0 atom stereocenters. The molecule has 2 rings (SSSR count). The van der Waals surface area contributed by atoms with Crippen molar-refractivity contribution in [3.05, 3.63) is 34.2 Å². The summed E-state index contributed by atoms with van der Waals surface area (Å²) in [5, 5.41) is 9.86. The zero-order valence-electron chi connectivity index (χ0n) is 12.6. The lowest BCUT2D eigenvalue weighted by Gasteiger charge is -2.08. The van der Waals surface area contributed by atoms with Gasteiger partial charge in [0.05, 0.1) is 13.1 Å². The highest BCUT2D eigenvalue weighted by molar-refractivity contribution is 7.11. The third-order valence-corrected chi connectivity index (χ3v) is 3.88. The van der Waals surface area contributed by atoms with Gasteiger partial charge in [0.25, 0.3) is 0 Å². The quantitative estimate of drug-likeness (QED) is 0.859. The fourth-order valence-corrected chi connectivity index (χ4v) is 2.59. The molecule has 0 saturated heterocycles. The zero-order valence-corrected chi connectivity index (χ0v) is 13.4. The van der Waals surface area contributed by atoms with Gasteiger partial charge in [-0.1, -0.05) is 0 Å². The molecule has 114 valence electrons. The van der Waals surface area contributed by atoms with E-state index >= 15 is 0 Å². The van der Waals surface area contributed by atoms with Gasteiger partial charge in [-0.25, -0.2) is 4.79 Å². The van der Waals surface area contributed by atoms with Gasteiger partial charge in [0, 0.05) is 28.6 Å².